The number of hydrogen-bond acceptors (Lipinski definition) is 7. The minimum Gasteiger partial charge on any atom is -0.506 e. The molecule has 1 heterocycles. The number of anilines is 1. The number of hydrogen-bond donors (Lipinski definition) is 3. The second-order valence-corrected chi connectivity index (χ2v) is 7.61. The van der Waals surface area contributed by atoms with Gasteiger partial charge in [-0.25, -0.2) is 4.79 Å². The van der Waals surface area contributed by atoms with Gasteiger partial charge in [0, 0.05) is 25.0 Å². The molecule has 2 aromatic rings. The number of phenolic OH excluding ortho intramolecular Hbond substituents is 1. The van der Waals surface area contributed by atoms with Crippen LogP contribution in [-0.4, -0.2) is 48.7 Å². The van der Waals surface area contributed by atoms with E-state index in [1.807, 2.05) is 19.1 Å². The van der Waals surface area contributed by atoms with Crippen molar-refractivity contribution in [3.05, 3.63) is 71.5 Å². The quantitative estimate of drug-likeness (QED) is 0.391. The maximum Gasteiger partial charge on any atom is 0.337 e. The number of esters is 1. The Kier molecular flexibility index (Phi) is 8.46. The molecule has 1 aliphatic heterocycles. The second kappa shape index (κ2) is 11.5. The first-order chi connectivity index (χ1) is 16.0. The summed E-state index contributed by atoms with van der Waals surface area (Å²) in [6, 6.07) is 13.4. The summed E-state index contributed by atoms with van der Waals surface area (Å²) < 4.78 is 16.5. The minimum absolute atomic E-state index is 0.0215. The van der Waals surface area contributed by atoms with Crippen LogP contribution in [0.5, 0.6) is 5.75 Å². The van der Waals surface area contributed by atoms with Crippen molar-refractivity contribution in [1.82, 2.24) is 0 Å². The lowest BCUT2D eigenvalue weighted by Gasteiger charge is -2.37. The van der Waals surface area contributed by atoms with Crippen LogP contribution in [-0.2, 0) is 19.0 Å². The average Bonchev–Trinajstić information content (AvgIpc) is 2.84. The van der Waals surface area contributed by atoms with Crippen LogP contribution in [0.4, 0.5) is 5.69 Å². The van der Waals surface area contributed by atoms with E-state index in [1.54, 1.807) is 36.4 Å². The molecule has 0 aliphatic carbocycles. The standard InChI is InChI=1S/C25H29NO7/c1-3-32-25-18(7-6-14-27)19(16-10-12-17(13-11-16)24(30)31-2)15-22(33-25)23(29)26-20-8-4-5-9-21(20)28/h4-5,8-13,15,18-19,25,27-28H,3,6-7,14H2,1-2H3,(H,26,29)/t18-,19-,25-/m0/s1. The summed E-state index contributed by atoms with van der Waals surface area (Å²) in [6.07, 6.45) is 2.17. The van der Waals surface area contributed by atoms with Crippen molar-refractivity contribution in [2.75, 3.05) is 25.6 Å². The van der Waals surface area contributed by atoms with E-state index in [2.05, 4.69) is 5.32 Å². The molecule has 2 aromatic carbocycles. The number of allylic oxidation sites excluding steroid dienone is 1. The molecule has 0 saturated carbocycles. The highest BCUT2D eigenvalue weighted by molar-refractivity contribution is 6.03. The van der Waals surface area contributed by atoms with E-state index in [9.17, 15) is 19.8 Å². The van der Waals surface area contributed by atoms with Crippen molar-refractivity contribution in [1.29, 1.82) is 0 Å². The van der Waals surface area contributed by atoms with E-state index < -0.39 is 18.2 Å². The van der Waals surface area contributed by atoms with Crippen LogP contribution in [0.25, 0.3) is 0 Å². The van der Waals surface area contributed by atoms with Gasteiger partial charge in [-0.3, -0.25) is 4.79 Å². The zero-order valence-electron chi connectivity index (χ0n) is 18.7. The summed E-state index contributed by atoms with van der Waals surface area (Å²) in [6.45, 7) is 2.24. The van der Waals surface area contributed by atoms with Gasteiger partial charge in [-0.1, -0.05) is 24.3 Å². The van der Waals surface area contributed by atoms with Crippen molar-refractivity contribution in [3.63, 3.8) is 0 Å². The number of aliphatic hydroxyl groups is 1. The molecule has 0 saturated heterocycles. The SMILES string of the molecule is CCO[C@H]1OC(C(=O)Nc2ccccc2O)=C[C@@H](c2ccc(C(=O)OC)cc2)[C@@H]1CCCO. The topological polar surface area (TPSA) is 114 Å². The maximum absolute atomic E-state index is 13.0. The Labute approximate surface area is 192 Å². The summed E-state index contributed by atoms with van der Waals surface area (Å²) in [7, 11) is 1.32. The molecule has 3 atom stereocenters. The molecule has 0 fully saturated rings. The van der Waals surface area contributed by atoms with Crippen LogP contribution >= 0.6 is 0 Å². The van der Waals surface area contributed by atoms with Crippen LogP contribution in [0.3, 0.4) is 0 Å². The highest BCUT2D eigenvalue weighted by Crippen LogP contribution is 2.40. The van der Waals surface area contributed by atoms with E-state index in [4.69, 9.17) is 14.2 Å². The van der Waals surface area contributed by atoms with Crippen LogP contribution < -0.4 is 5.32 Å². The molecule has 176 valence electrons. The fourth-order valence-corrected chi connectivity index (χ4v) is 3.87. The number of para-hydroxylation sites is 2. The van der Waals surface area contributed by atoms with Crippen molar-refractivity contribution < 1.29 is 34.0 Å². The highest BCUT2D eigenvalue weighted by atomic mass is 16.7. The van der Waals surface area contributed by atoms with Gasteiger partial charge in [-0.2, -0.15) is 0 Å². The number of methoxy groups -OCH3 is 1. The van der Waals surface area contributed by atoms with Crippen molar-refractivity contribution in [2.24, 2.45) is 5.92 Å². The molecular weight excluding hydrogens is 426 g/mol. The molecule has 1 aliphatic rings. The van der Waals surface area contributed by atoms with Gasteiger partial charge in [0.2, 0.25) is 6.29 Å². The number of aliphatic hydroxyl groups excluding tert-OH is 1. The maximum atomic E-state index is 13.0. The number of carbonyl (C=O) groups excluding carboxylic acids is 2. The Hall–Kier alpha value is -3.36. The molecule has 0 spiro atoms. The fourth-order valence-electron chi connectivity index (χ4n) is 3.87. The summed E-state index contributed by atoms with van der Waals surface area (Å²) in [4.78, 5) is 24.8. The number of nitrogens with one attached hydrogen (secondary N) is 1. The summed E-state index contributed by atoms with van der Waals surface area (Å²) in [5.74, 6) is -1.37. The molecule has 0 radical (unpaired) electrons. The van der Waals surface area contributed by atoms with Crippen LogP contribution in [0.15, 0.2) is 60.4 Å². The fraction of sp³-hybridized carbons (Fsp3) is 0.360. The Balaban J connectivity index is 1.95. The molecule has 3 rings (SSSR count). The lowest BCUT2D eigenvalue weighted by Crippen LogP contribution is -2.37. The molecule has 8 nitrogen and oxygen atoms in total. The monoisotopic (exact) mass is 455 g/mol. The van der Waals surface area contributed by atoms with E-state index in [1.165, 1.54) is 13.2 Å². The van der Waals surface area contributed by atoms with E-state index in [0.717, 1.165) is 5.56 Å². The van der Waals surface area contributed by atoms with E-state index >= 15 is 0 Å². The number of ether oxygens (including phenoxy) is 3. The van der Waals surface area contributed by atoms with Crippen LogP contribution in [0.1, 0.15) is 41.6 Å². The van der Waals surface area contributed by atoms with Crippen molar-refractivity contribution >= 4 is 17.6 Å². The third kappa shape index (κ3) is 5.91. The second-order valence-electron chi connectivity index (χ2n) is 7.61. The molecule has 0 bridgehead atoms. The lowest BCUT2D eigenvalue weighted by atomic mass is 9.80. The smallest absolute Gasteiger partial charge is 0.337 e. The predicted molar refractivity (Wildman–Crippen MR) is 122 cm³/mol. The first-order valence-electron chi connectivity index (χ1n) is 10.9. The van der Waals surface area contributed by atoms with Crippen molar-refractivity contribution in [2.45, 2.75) is 32.0 Å². The zero-order valence-corrected chi connectivity index (χ0v) is 18.7. The molecule has 0 unspecified atom stereocenters. The number of aromatic hydroxyl groups is 1. The van der Waals surface area contributed by atoms with Crippen LogP contribution in [0, 0.1) is 5.92 Å². The Morgan fingerprint density at radius 3 is 2.48 bits per heavy atom. The first kappa shape index (κ1) is 24.3. The molecule has 1 amide bonds. The van der Waals surface area contributed by atoms with Gasteiger partial charge in [0.25, 0.3) is 5.91 Å². The molecular formula is C25H29NO7. The average molecular weight is 456 g/mol. The summed E-state index contributed by atoms with van der Waals surface area (Å²) in [5, 5.41) is 22.0. The number of rotatable bonds is 9. The van der Waals surface area contributed by atoms with Gasteiger partial charge in [0.1, 0.15) is 5.75 Å². The Morgan fingerprint density at radius 1 is 1.12 bits per heavy atom. The molecule has 0 aromatic heterocycles. The lowest BCUT2D eigenvalue weighted by molar-refractivity contribution is -0.165. The molecule has 33 heavy (non-hydrogen) atoms. The van der Waals surface area contributed by atoms with Gasteiger partial charge in [0.05, 0.1) is 18.4 Å². The number of carbonyl (C=O) groups is 2. The normalized spacial score (nSPS) is 19.8. The molecule has 3 N–H and O–H groups in total. The highest BCUT2D eigenvalue weighted by Gasteiger charge is 2.38. The summed E-state index contributed by atoms with van der Waals surface area (Å²) >= 11 is 0. The van der Waals surface area contributed by atoms with Gasteiger partial charge < -0.3 is 29.7 Å². The largest absolute Gasteiger partial charge is 0.506 e. The predicted octanol–water partition coefficient (Wildman–Crippen LogP) is 3.57. The first-order valence-corrected chi connectivity index (χ1v) is 10.9. The van der Waals surface area contributed by atoms with Gasteiger partial charge in [0.15, 0.2) is 5.76 Å². The Morgan fingerprint density at radius 2 is 1.85 bits per heavy atom. The van der Waals surface area contributed by atoms with Gasteiger partial charge in [-0.05, 0) is 55.7 Å². The minimum atomic E-state index is -0.707. The van der Waals surface area contributed by atoms with Gasteiger partial charge >= 0.3 is 5.97 Å². The van der Waals surface area contributed by atoms with Crippen molar-refractivity contribution in [3.8, 4) is 5.75 Å². The zero-order chi connectivity index (χ0) is 23.8. The third-order valence-electron chi connectivity index (χ3n) is 5.50. The number of phenols is 1. The van der Waals surface area contributed by atoms with E-state index in [0.29, 0.717) is 25.0 Å². The van der Waals surface area contributed by atoms with Crippen LogP contribution in [0.2, 0.25) is 0 Å². The molecule has 8 heteroatoms. The van der Waals surface area contributed by atoms with Gasteiger partial charge in [-0.15, -0.1) is 0 Å². The number of benzene rings is 2. The Bertz CT molecular complexity index is 987. The van der Waals surface area contributed by atoms with E-state index in [-0.39, 0.29) is 35.6 Å². The number of amides is 1. The summed E-state index contributed by atoms with van der Waals surface area (Å²) in [5.41, 5.74) is 1.55. The third-order valence-corrected chi connectivity index (χ3v) is 5.50.